The molecule has 0 bridgehead atoms. The van der Waals surface area contributed by atoms with Crippen LogP contribution in [0, 0.1) is 0 Å². The number of aliphatic hydroxyl groups is 2. The van der Waals surface area contributed by atoms with E-state index in [4.69, 9.17) is 14.9 Å². The summed E-state index contributed by atoms with van der Waals surface area (Å²) in [7, 11) is 1.77. The van der Waals surface area contributed by atoms with E-state index in [-0.39, 0.29) is 13.2 Å². The third-order valence-electron chi connectivity index (χ3n) is 2.17. The molecule has 0 radical (unpaired) electrons. The number of aliphatic hydroxyl groups excluding tert-OH is 2. The molecule has 0 saturated carbocycles. The molecule has 4 nitrogen and oxygen atoms in total. The summed E-state index contributed by atoms with van der Waals surface area (Å²) >= 11 is 0. The summed E-state index contributed by atoms with van der Waals surface area (Å²) in [6.45, 7) is 3.88. The van der Waals surface area contributed by atoms with Crippen molar-refractivity contribution in [2.75, 3.05) is 40.1 Å². The second kappa shape index (κ2) is 21.2. The Morgan fingerprint density at radius 1 is 0.765 bits per heavy atom. The van der Waals surface area contributed by atoms with Crippen molar-refractivity contribution < 1.29 is 19.7 Å². The van der Waals surface area contributed by atoms with E-state index in [9.17, 15) is 0 Å². The predicted molar refractivity (Wildman–Crippen MR) is 70.2 cm³/mol. The fourth-order valence-electron chi connectivity index (χ4n) is 1.26. The minimum absolute atomic E-state index is 0.0278. The fraction of sp³-hybridized carbons (Fsp3) is 1.00. The van der Waals surface area contributed by atoms with Crippen molar-refractivity contribution in [2.24, 2.45) is 0 Å². The first-order chi connectivity index (χ1) is 8.33. The van der Waals surface area contributed by atoms with Crippen LogP contribution in [-0.4, -0.2) is 50.4 Å². The maximum Gasteiger partial charge on any atom is 0.0698 e. The molecule has 0 unspecified atom stereocenters. The summed E-state index contributed by atoms with van der Waals surface area (Å²) in [5.74, 6) is 0. The Morgan fingerprint density at radius 3 is 1.76 bits per heavy atom. The first-order valence-electron chi connectivity index (χ1n) is 6.61. The molecule has 0 aromatic heterocycles. The third-order valence-corrected chi connectivity index (χ3v) is 2.17. The van der Waals surface area contributed by atoms with Crippen LogP contribution in [0.15, 0.2) is 0 Å². The molecule has 0 aliphatic heterocycles. The van der Waals surface area contributed by atoms with Crippen molar-refractivity contribution in [1.29, 1.82) is 0 Å². The lowest BCUT2D eigenvalue weighted by molar-refractivity contribution is 0.0650. The molecule has 0 fully saturated rings. The van der Waals surface area contributed by atoms with Crippen LogP contribution in [-0.2, 0) is 9.47 Å². The van der Waals surface area contributed by atoms with E-state index in [0.717, 1.165) is 6.61 Å². The van der Waals surface area contributed by atoms with E-state index in [1.54, 1.807) is 7.11 Å². The zero-order valence-corrected chi connectivity index (χ0v) is 11.5. The van der Waals surface area contributed by atoms with Crippen molar-refractivity contribution >= 4 is 0 Å². The quantitative estimate of drug-likeness (QED) is 0.551. The van der Waals surface area contributed by atoms with E-state index in [1.807, 2.05) is 0 Å². The van der Waals surface area contributed by atoms with Gasteiger partial charge in [0.15, 0.2) is 0 Å². The van der Waals surface area contributed by atoms with E-state index >= 15 is 0 Å². The molecule has 0 aromatic rings. The lowest BCUT2D eigenvalue weighted by atomic mass is 10.1. The molecule has 0 saturated heterocycles. The van der Waals surface area contributed by atoms with Gasteiger partial charge in [0.1, 0.15) is 0 Å². The van der Waals surface area contributed by atoms with Crippen molar-refractivity contribution in [3.63, 3.8) is 0 Å². The monoisotopic (exact) mass is 250 g/mol. The number of hydrogen-bond donors (Lipinski definition) is 2. The molecule has 4 heteroatoms. The lowest BCUT2D eigenvalue weighted by Gasteiger charge is -1.98. The summed E-state index contributed by atoms with van der Waals surface area (Å²) in [6, 6.07) is 0. The van der Waals surface area contributed by atoms with Crippen LogP contribution in [0.5, 0.6) is 0 Å². The molecule has 0 rings (SSSR count). The normalized spacial score (nSPS) is 9.88. The summed E-state index contributed by atoms with van der Waals surface area (Å²) in [5, 5.41) is 16.2. The largest absolute Gasteiger partial charge is 0.394 e. The molecule has 2 N–H and O–H groups in total. The summed E-state index contributed by atoms with van der Waals surface area (Å²) in [5.41, 5.74) is 0. The van der Waals surface area contributed by atoms with Gasteiger partial charge >= 0.3 is 0 Å². The highest BCUT2D eigenvalue weighted by Gasteiger charge is 1.87. The molecule has 0 amide bonds. The van der Waals surface area contributed by atoms with Crippen LogP contribution in [0.4, 0.5) is 0 Å². The highest BCUT2D eigenvalue weighted by molar-refractivity contribution is 4.42. The third kappa shape index (κ3) is 25.8. The van der Waals surface area contributed by atoms with Gasteiger partial charge in [-0.05, 0) is 6.42 Å². The van der Waals surface area contributed by atoms with Crippen LogP contribution >= 0.6 is 0 Å². The van der Waals surface area contributed by atoms with Gasteiger partial charge in [-0.25, -0.2) is 0 Å². The lowest BCUT2D eigenvalue weighted by Crippen LogP contribution is -2.03. The highest BCUT2D eigenvalue weighted by atomic mass is 16.5. The molecule has 0 aromatic carbocycles. The van der Waals surface area contributed by atoms with Gasteiger partial charge in [0, 0.05) is 13.7 Å². The Kier molecular flexibility index (Phi) is 23.9. The smallest absolute Gasteiger partial charge is 0.0698 e. The topological polar surface area (TPSA) is 58.9 Å². The van der Waals surface area contributed by atoms with Crippen LogP contribution in [0.3, 0.4) is 0 Å². The van der Waals surface area contributed by atoms with Crippen LogP contribution in [0.2, 0.25) is 0 Å². The molecule has 0 atom stereocenters. The van der Waals surface area contributed by atoms with Gasteiger partial charge in [-0.2, -0.15) is 0 Å². The molecule has 0 aliphatic carbocycles. The van der Waals surface area contributed by atoms with Gasteiger partial charge in [0.2, 0.25) is 0 Å². The maximum absolute atomic E-state index is 8.09. The van der Waals surface area contributed by atoms with E-state index in [2.05, 4.69) is 11.7 Å². The van der Waals surface area contributed by atoms with Gasteiger partial charge in [0.05, 0.1) is 26.4 Å². The molecular weight excluding hydrogens is 220 g/mol. The summed E-state index contributed by atoms with van der Waals surface area (Å²) in [4.78, 5) is 0. The zero-order valence-electron chi connectivity index (χ0n) is 11.5. The Balaban J connectivity index is 0. The maximum atomic E-state index is 8.09. The van der Waals surface area contributed by atoms with Crippen molar-refractivity contribution in [1.82, 2.24) is 0 Å². The number of rotatable bonds is 11. The predicted octanol–water partition coefficient (Wildman–Crippen LogP) is 1.98. The summed E-state index contributed by atoms with van der Waals surface area (Å²) < 4.78 is 9.58. The van der Waals surface area contributed by atoms with Crippen LogP contribution in [0.1, 0.15) is 45.4 Å². The van der Waals surface area contributed by atoms with Gasteiger partial charge in [-0.3, -0.25) is 0 Å². The SMILES string of the molecule is CCCCCCCCOC.OCCOCCO. The summed E-state index contributed by atoms with van der Waals surface area (Å²) in [6.07, 6.45) is 8.10. The molecular formula is C13H30O4. The van der Waals surface area contributed by atoms with Crippen molar-refractivity contribution in [3.05, 3.63) is 0 Å². The Labute approximate surface area is 106 Å². The number of methoxy groups -OCH3 is 1. The second-order valence-electron chi connectivity index (χ2n) is 3.82. The van der Waals surface area contributed by atoms with Gasteiger partial charge in [0.25, 0.3) is 0 Å². The molecule has 0 aliphatic rings. The van der Waals surface area contributed by atoms with Gasteiger partial charge in [-0.15, -0.1) is 0 Å². The van der Waals surface area contributed by atoms with Crippen LogP contribution in [0.25, 0.3) is 0 Å². The molecule has 106 valence electrons. The number of unbranched alkanes of at least 4 members (excludes halogenated alkanes) is 5. The Morgan fingerprint density at radius 2 is 1.29 bits per heavy atom. The minimum Gasteiger partial charge on any atom is -0.394 e. The molecule has 0 spiro atoms. The standard InChI is InChI=1S/C9H20O.C4H10O3/c1-3-4-5-6-7-8-9-10-2;5-1-3-7-4-2-6/h3-9H2,1-2H3;5-6H,1-4H2. The van der Waals surface area contributed by atoms with Crippen LogP contribution < -0.4 is 0 Å². The zero-order chi connectivity index (χ0) is 13.2. The number of ether oxygens (including phenoxy) is 2. The fourth-order valence-corrected chi connectivity index (χ4v) is 1.26. The van der Waals surface area contributed by atoms with E-state index in [1.165, 1.54) is 38.5 Å². The van der Waals surface area contributed by atoms with E-state index in [0.29, 0.717) is 13.2 Å². The first-order valence-corrected chi connectivity index (χ1v) is 6.61. The average Bonchev–Trinajstić information content (AvgIpc) is 2.35. The van der Waals surface area contributed by atoms with E-state index < -0.39 is 0 Å². The Hall–Kier alpha value is -0.160. The highest BCUT2D eigenvalue weighted by Crippen LogP contribution is 2.04. The molecule has 17 heavy (non-hydrogen) atoms. The minimum atomic E-state index is 0.0278. The second-order valence-corrected chi connectivity index (χ2v) is 3.82. The number of hydrogen-bond acceptors (Lipinski definition) is 4. The van der Waals surface area contributed by atoms with Crippen molar-refractivity contribution in [3.8, 4) is 0 Å². The van der Waals surface area contributed by atoms with Crippen molar-refractivity contribution in [2.45, 2.75) is 45.4 Å². The molecule has 0 heterocycles. The van der Waals surface area contributed by atoms with Gasteiger partial charge < -0.3 is 19.7 Å². The van der Waals surface area contributed by atoms with Gasteiger partial charge in [-0.1, -0.05) is 39.0 Å². The first kappa shape index (κ1) is 19.2. The average molecular weight is 250 g/mol. The Bertz CT molecular complexity index is 97.6.